The summed E-state index contributed by atoms with van der Waals surface area (Å²) in [6.07, 6.45) is 11.7. The lowest BCUT2D eigenvalue weighted by atomic mass is 9.49. The van der Waals surface area contributed by atoms with Crippen LogP contribution in [0.25, 0.3) is 0 Å². The molecule has 4 fully saturated rings. The Bertz CT molecular complexity index is 890. The van der Waals surface area contributed by atoms with Gasteiger partial charge in [-0.1, -0.05) is 28.1 Å². The highest BCUT2D eigenvalue weighted by Gasteiger charge is 2.50. The predicted octanol–water partition coefficient (Wildman–Crippen LogP) is 5.43. The molecule has 158 valence electrons. The summed E-state index contributed by atoms with van der Waals surface area (Å²) in [5, 5.41) is 3.83. The van der Waals surface area contributed by atoms with Crippen LogP contribution in [0.5, 0.6) is 0 Å². The zero-order chi connectivity index (χ0) is 20.1. The highest BCUT2D eigenvalue weighted by atomic mass is 79.9. The third-order valence-electron chi connectivity index (χ3n) is 8.20. The molecule has 0 atom stereocenters. The van der Waals surface area contributed by atoms with Gasteiger partial charge in [0.15, 0.2) is 0 Å². The molecule has 1 N–H and O–H groups in total. The fourth-order valence-corrected chi connectivity index (χ4v) is 7.59. The molecule has 1 aliphatic heterocycles. The van der Waals surface area contributed by atoms with E-state index in [1.54, 1.807) is 6.33 Å². The van der Waals surface area contributed by atoms with Gasteiger partial charge in [0.25, 0.3) is 0 Å². The summed E-state index contributed by atoms with van der Waals surface area (Å²) >= 11 is 3.53. The number of hydrogen-bond acceptors (Lipinski definition) is 4. The Morgan fingerprint density at radius 2 is 1.70 bits per heavy atom. The summed E-state index contributed by atoms with van der Waals surface area (Å²) in [5.41, 5.74) is 4.46. The number of anilines is 1. The lowest BCUT2D eigenvalue weighted by molar-refractivity contribution is -0.0444. The Labute approximate surface area is 188 Å². The van der Waals surface area contributed by atoms with E-state index in [2.05, 4.69) is 60.4 Å². The van der Waals surface area contributed by atoms with Crippen molar-refractivity contribution in [2.75, 3.05) is 18.4 Å². The number of fused-ring (bicyclic) bond motifs is 1. The van der Waals surface area contributed by atoms with Gasteiger partial charge in [-0.15, -0.1) is 0 Å². The third kappa shape index (κ3) is 3.69. The number of benzene rings is 1. The van der Waals surface area contributed by atoms with Gasteiger partial charge in [0.1, 0.15) is 12.1 Å². The Kier molecular flexibility index (Phi) is 4.87. The monoisotopic (exact) mass is 466 g/mol. The van der Waals surface area contributed by atoms with E-state index < -0.39 is 0 Å². The Morgan fingerprint density at radius 1 is 1.00 bits per heavy atom. The minimum Gasteiger partial charge on any atom is -0.369 e. The Morgan fingerprint density at radius 3 is 2.40 bits per heavy atom. The normalized spacial score (nSPS) is 32.2. The molecule has 0 radical (unpaired) electrons. The molecule has 5 heteroatoms. The van der Waals surface area contributed by atoms with Crippen molar-refractivity contribution in [1.82, 2.24) is 14.9 Å². The summed E-state index contributed by atoms with van der Waals surface area (Å²) in [4.78, 5) is 11.8. The third-order valence-corrected chi connectivity index (χ3v) is 8.73. The summed E-state index contributed by atoms with van der Waals surface area (Å²) in [7, 11) is 0. The standard InChI is InChI=1S/C25H31BrN4/c26-21-3-1-17(2-4-21)13-30-6-5-22-23(14-30)28-16-29-24(22)27-15-25-10-18-7-19(11-25)9-20(8-18)12-25/h1-4,16,18-20H,5-15H2,(H,27,28,29). The first-order valence-electron chi connectivity index (χ1n) is 11.7. The van der Waals surface area contributed by atoms with Gasteiger partial charge in [0, 0.05) is 36.2 Å². The summed E-state index contributed by atoms with van der Waals surface area (Å²) in [6.45, 7) is 4.08. The SMILES string of the molecule is Brc1ccc(CN2CCc3c(ncnc3NCC34CC5CC(CC(C5)C3)C4)C2)cc1. The van der Waals surface area contributed by atoms with Crippen molar-refractivity contribution in [3.05, 3.63) is 51.9 Å². The highest BCUT2D eigenvalue weighted by molar-refractivity contribution is 9.10. The van der Waals surface area contributed by atoms with Crippen LogP contribution < -0.4 is 5.32 Å². The number of nitrogens with one attached hydrogen (secondary N) is 1. The van der Waals surface area contributed by atoms with Crippen molar-refractivity contribution in [1.29, 1.82) is 0 Å². The molecule has 2 heterocycles. The summed E-state index contributed by atoms with van der Waals surface area (Å²) in [5.74, 6) is 4.12. The van der Waals surface area contributed by atoms with E-state index in [1.807, 2.05) is 0 Å². The van der Waals surface area contributed by atoms with Gasteiger partial charge in [0.05, 0.1) is 5.69 Å². The summed E-state index contributed by atoms with van der Waals surface area (Å²) in [6, 6.07) is 8.67. The Balaban J connectivity index is 1.14. The van der Waals surface area contributed by atoms with Crippen LogP contribution in [-0.4, -0.2) is 28.0 Å². The van der Waals surface area contributed by atoms with Crippen LogP contribution in [0.2, 0.25) is 0 Å². The lowest BCUT2D eigenvalue weighted by Crippen LogP contribution is -2.49. The molecule has 7 rings (SSSR count). The zero-order valence-corrected chi connectivity index (χ0v) is 19.2. The smallest absolute Gasteiger partial charge is 0.132 e. The maximum Gasteiger partial charge on any atom is 0.132 e. The molecule has 0 saturated heterocycles. The minimum absolute atomic E-state index is 0.537. The van der Waals surface area contributed by atoms with Gasteiger partial charge in [-0.2, -0.15) is 0 Å². The molecular weight excluding hydrogens is 436 g/mol. The van der Waals surface area contributed by atoms with E-state index in [-0.39, 0.29) is 0 Å². The first-order valence-corrected chi connectivity index (χ1v) is 12.5. The minimum atomic E-state index is 0.537. The van der Waals surface area contributed by atoms with Gasteiger partial charge in [-0.05, 0) is 85.8 Å². The van der Waals surface area contributed by atoms with Crippen LogP contribution in [0.15, 0.2) is 35.1 Å². The second kappa shape index (κ2) is 7.59. The van der Waals surface area contributed by atoms with Crippen molar-refractivity contribution in [3.63, 3.8) is 0 Å². The first kappa shape index (κ1) is 19.2. The van der Waals surface area contributed by atoms with Crippen LogP contribution in [0.1, 0.15) is 55.3 Å². The highest BCUT2D eigenvalue weighted by Crippen LogP contribution is 2.59. The number of halogens is 1. The predicted molar refractivity (Wildman–Crippen MR) is 123 cm³/mol. The molecule has 4 bridgehead atoms. The molecule has 0 unspecified atom stereocenters. The molecule has 1 aromatic heterocycles. The molecule has 5 aliphatic rings. The van der Waals surface area contributed by atoms with Crippen LogP contribution >= 0.6 is 15.9 Å². The fourth-order valence-electron chi connectivity index (χ4n) is 7.32. The van der Waals surface area contributed by atoms with E-state index in [0.717, 1.165) is 60.6 Å². The topological polar surface area (TPSA) is 41.1 Å². The van der Waals surface area contributed by atoms with E-state index in [0.29, 0.717) is 5.41 Å². The van der Waals surface area contributed by atoms with Gasteiger partial charge in [-0.3, -0.25) is 4.90 Å². The van der Waals surface area contributed by atoms with Gasteiger partial charge >= 0.3 is 0 Å². The number of nitrogens with zero attached hydrogens (tertiary/aromatic N) is 3. The maximum absolute atomic E-state index is 4.68. The molecule has 4 nitrogen and oxygen atoms in total. The molecule has 2 aromatic rings. The average molecular weight is 467 g/mol. The van der Waals surface area contributed by atoms with Gasteiger partial charge < -0.3 is 5.32 Å². The molecule has 0 amide bonds. The summed E-state index contributed by atoms with van der Waals surface area (Å²) < 4.78 is 1.14. The van der Waals surface area contributed by atoms with Crippen LogP contribution in [-0.2, 0) is 19.5 Å². The quantitative estimate of drug-likeness (QED) is 0.637. The van der Waals surface area contributed by atoms with E-state index in [1.165, 1.54) is 55.3 Å². The van der Waals surface area contributed by atoms with Gasteiger partial charge in [0.2, 0.25) is 0 Å². The largest absolute Gasteiger partial charge is 0.369 e. The number of rotatable bonds is 5. The molecule has 4 saturated carbocycles. The van der Waals surface area contributed by atoms with Crippen molar-refractivity contribution < 1.29 is 0 Å². The van der Waals surface area contributed by atoms with Crippen molar-refractivity contribution in [2.24, 2.45) is 23.2 Å². The van der Waals surface area contributed by atoms with Gasteiger partial charge in [-0.25, -0.2) is 9.97 Å². The second-order valence-corrected chi connectivity index (χ2v) is 11.4. The number of hydrogen-bond donors (Lipinski definition) is 1. The lowest BCUT2D eigenvalue weighted by Gasteiger charge is -2.57. The van der Waals surface area contributed by atoms with Crippen molar-refractivity contribution >= 4 is 21.7 Å². The fraction of sp³-hybridized carbons (Fsp3) is 0.600. The average Bonchev–Trinajstić information content (AvgIpc) is 2.73. The maximum atomic E-state index is 4.68. The van der Waals surface area contributed by atoms with Crippen LogP contribution in [0.4, 0.5) is 5.82 Å². The van der Waals surface area contributed by atoms with E-state index >= 15 is 0 Å². The van der Waals surface area contributed by atoms with E-state index in [9.17, 15) is 0 Å². The van der Waals surface area contributed by atoms with Crippen molar-refractivity contribution in [2.45, 2.75) is 58.0 Å². The van der Waals surface area contributed by atoms with Crippen LogP contribution in [0, 0.1) is 23.2 Å². The number of aromatic nitrogens is 2. The molecule has 30 heavy (non-hydrogen) atoms. The zero-order valence-electron chi connectivity index (χ0n) is 17.6. The van der Waals surface area contributed by atoms with Crippen LogP contribution in [0.3, 0.4) is 0 Å². The first-order chi connectivity index (χ1) is 14.6. The molecular formula is C25H31BrN4. The molecule has 1 aromatic carbocycles. The molecule has 0 spiro atoms. The Hall–Kier alpha value is -1.46. The van der Waals surface area contributed by atoms with Crippen molar-refractivity contribution in [3.8, 4) is 0 Å². The van der Waals surface area contributed by atoms with E-state index in [4.69, 9.17) is 0 Å². The molecule has 4 aliphatic carbocycles. The second-order valence-electron chi connectivity index (χ2n) is 10.5.